The predicted octanol–water partition coefficient (Wildman–Crippen LogP) is 1.94. The van der Waals surface area contributed by atoms with Crippen molar-refractivity contribution in [1.29, 1.82) is 0 Å². The molecule has 0 bridgehead atoms. The molecule has 0 saturated heterocycles. The summed E-state index contributed by atoms with van der Waals surface area (Å²) in [5, 5.41) is 12.0. The molecule has 108 valence electrons. The molecule has 3 rings (SSSR count). The zero-order chi connectivity index (χ0) is 14.5. The average molecular weight is 281 g/mol. The largest absolute Gasteiger partial charge is 0.312 e. The number of aryl methyl sites for hydroxylation is 1. The third-order valence-corrected chi connectivity index (χ3v) is 3.47. The summed E-state index contributed by atoms with van der Waals surface area (Å²) in [5.74, 6) is 0. The van der Waals surface area contributed by atoms with E-state index in [0.29, 0.717) is 0 Å². The third-order valence-electron chi connectivity index (χ3n) is 3.47. The highest BCUT2D eigenvalue weighted by molar-refractivity contribution is 5.30. The summed E-state index contributed by atoms with van der Waals surface area (Å²) in [5.41, 5.74) is 3.50. The summed E-state index contributed by atoms with van der Waals surface area (Å²) in [4.78, 5) is 0. The SMILES string of the molecule is Cn1nccc1CCNCc1cnn(-c2ccccc2)c1. The molecule has 2 heterocycles. The van der Waals surface area contributed by atoms with Crippen LogP contribution in [0.2, 0.25) is 0 Å². The van der Waals surface area contributed by atoms with Gasteiger partial charge in [0.15, 0.2) is 0 Å². The van der Waals surface area contributed by atoms with Gasteiger partial charge >= 0.3 is 0 Å². The minimum atomic E-state index is 0.824. The zero-order valence-electron chi connectivity index (χ0n) is 12.1. The fourth-order valence-corrected chi connectivity index (χ4v) is 2.27. The van der Waals surface area contributed by atoms with Gasteiger partial charge in [-0.05, 0) is 18.2 Å². The fourth-order valence-electron chi connectivity index (χ4n) is 2.27. The second-order valence-corrected chi connectivity index (χ2v) is 5.00. The lowest BCUT2D eigenvalue weighted by Crippen LogP contribution is -2.17. The lowest BCUT2D eigenvalue weighted by molar-refractivity contribution is 0.643. The highest BCUT2D eigenvalue weighted by atomic mass is 15.3. The van der Waals surface area contributed by atoms with Crippen molar-refractivity contribution < 1.29 is 0 Å². The van der Waals surface area contributed by atoms with Gasteiger partial charge in [-0.2, -0.15) is 10.2 Å². The van der Waals surface area contributed by atoms with Crippen molar-refractivity contribution in [3.05, 3.63) is 66.2 Å². The van der Waals surface area contributed by atoms with E-state index in [1.165, 1.54) is 11.3 Å². The minimum absolute atomic E-state index is 0.824. The van der Waals surface area contributed by atoms with Gasteiger partial charge in [0.05, 0.1) is 11.9 Å². The first-order valence-electron chi connectivity index (χ1n) is 7.09. The molecule has 2 aromatic heterocycles. The van der Waals surface area contributed by atoms with Crippen LogP contribution in [0.4, 0.5) is 0 Å². The lowest BCUT2D eigenvalue weighted by Gasteiger charge is -2.03. The van der Waals surface area contributed by atoms with Gasteiger partial charge < -0.3 is 5.32 Å². The predicted molar refractivity (Wildman–Crippen MR) is 82.2 cm³/mol. The summed E-state index contributed by atoms with van der Waals surface area (Å²) in [7, 11) is 1.97. The molecule has 0 saturated carbocycles. The van der Waals surface area contributed by atoms with E-state index in [-0.39, 0.29) is 0 Å². The Morgan fingerprint density at radius 1 is 1.10 bits per heavy atom. The van der Waals surface area contributed by atoms with E-state index < -0.39 is 0 Å². The first-order valence-corrected chi connectivity index (χ1v) is 7.09. The molecule has 0 atom stereocenters. The van der Waals surface area contributed by atoms with Crippen molar-refractivity contribution >= 4 is 0 Å². The van der Waals surface area contributed by atoms with Crippen LogP contribution in [0.3, 0.4) is 0 Å². The molecule has 1 aromatic carbocycles. The average Bonchev–Trinajstić information content (AvgIpc) is 3.14. The van der Waals surface area contributed by atoms with Crippen molar-refractivity contribution in [3.8, 4) is 5.69 Å². The van der Waals surface area contributed by atoms with E-state index in [4.69, 9.17) is 0 Å². The number of nitrogens with zero attached hydrogens (tertiary/aromatic N) is 4. The number of benzene rings is 1. The van der Waals surface area contributed by atoms with E-state index in [0.717, 1.165) is 25.2 Å². The summed E-state index contributed by atoms with van der Waals surface area (Å²) in [6.45, 7) is 1.75. The van der Waals surface area contributed by atoms with E-state index in [9.17, 15) is 0 Å². The number of rotatable bonds is 6. The molecule has 5 nitrogen and oxygen atoms in total. The Hall–Kier alpha value is -2.40. The third kappa shape index (κ3) is 3.38. The molecule has 0 radical (unpaired) electrons. The molecule has 0 aliphatic rings. The molecule has 21 heavy (non-hydrogen) atoms. The molecule has 0 amide bonds. The van der Waals surface area contributed by atoms with Crippen LogP contribution in [0.5, 0.6) is 0 Å². The number of nitrogens with one attached hydrogen (secondary N) is 1. The van der Waals surface area contributed by atoms with Crippen LogP contribution in [0.25, 0.3) is 5.69 Å². The molecule has 0 aliphatic heterocycles. The molecule has 1 N–H and O–H groups in total. The summed E-state index contributed by atoms with van der Waals surface area (Å²) < 4.78 is 3.81. The van der Waals surface area contributed by atoms with E-state index >= 15 is 0 Å². The smallest absolute Gasteiger partial charge is 0.0645 e. The Labute approximate surface area is 124 Å². The van der Waals surface area contributed by atoms with Gasteiger partial charge in [0.2, 0.25) is 0 Å². The zero-order valence-corrected chi connectivity index (χ0v) is 12.1. The molecule has 0 fully saturated rings. The maximum absolute atomic E-state index is 4.39. The second kappa shape index (κ2) is 6.37. The van der Waals surface area contributed by atoms with Crippen molar-refractivity contribution in [2.75, 3.05) is 6.54 Å². The monoisotopic (exact) mass is 281 g/mol. The molecule has 5 heteroatoms. The standard InChI is InChI=1S/C16H19N5/c1-20-15(8-10-18-20)7-9-17-11-14-12-19-21(13-14)16-5-3-2-4-6-16/h2-6,8,10,12-13,17H,7,9,11H2,1H3. The molecule has 0 aliphatic carbocycles. The topological polar surface area (TPSA) is 47.7 Å². The van der Waals surface area contributed by atoms with E-state index in [1.807, 2.05) is 59.1 Å². The van der Waals surface area contributed by atoms with Gasteiger partial charge in [-0.1, -0.05) is 18.2 Å². The van der Waals surface area contributed by atoms with Gasteiger partial charge in [-0.15, -0.1) is 0 Å². The fraction of sp³-hybridized carbons (Fsp3) is 0.250. The summed E-state index contributed by atoms with van der Waals surface area (Å²) in [6, 6.07) is 12.2. The van der Waals surface area contributed by atoms with Crippen LogP contribution >= 0.6 is 0 Å². The quantitative estimate of drug-likeness (QED) is 0.702. The normalized spacial score (nSPS) is 10.9. The van der Waals surface area contributed by atoms with E-state index in [2.05, 4.69) is 27.8 Å². The first-order chi connectivity index (χ1) is 10.3. The molecular formula is C16H19N5. The van der Waals surface area contributed by atoms with Gasteiger partial charge in [0.25, 0.3) is 0 Å². The molecule has 0 unspecified atom stereocenters. The van der Waals surface area contributed by atoms with Crippen molar-refractivity contribution in [2.24, 2.45) is 7.05 Å². The minimum Gasteiger partial charge on any atom is -0.312 e. The van der Waals surface area contributed by atoms with Gasteiger partial charge in [0, 0.05) is 50.2 Å². The van der Waals surface area contributed by atoms with Gasteiger partial charge in [-0.25, -0.2) is 4.68 Å². The maximum Gasteiger partial charge on any atom is 0.0645 e. The number of para-hydroxylation sites is 1. The Kier molecular flexibility index (Phi) is 4.12. The summed E-state index contributed by atoms with van der Waals surface area (Å²) in [6.07, 6.45) is 6.78. The highest BCUT2D eigenvalue weighted by Gasteiger charge is 2.01. The molecule has 3 aromatic rings. The first kappa shape index (κ1) is 13.6. The van der Waals surface area contributed by atoms with Crippen LogP contribution in [0.15, 0.2) is 55.0 Å². The number of aromatic nitrogens is 4. The summed E-state index contributed by atoms with van der Waals surface area (Å²) >= 11 is 0. The van der Waals surface area contributed by atoms with Crippen LogP contribution in [-0.4, -0.2) is 26.1 Å². The van der Waals surface area contributed by atoms with Crippen molar-refractivity contribution in [3.63, 3.8) is 0 Å². The number of hydrogen-bond acceptors (Lipinski definition) is 3. The van der Waals surface area contributed by atoms with Gasteiger partial charge in [0.1, 0.15) is 0 Å². The number of hydrogen-bond donors (Lipinski definition) is 1. The van der Waals surface area contributed by atoms with Gasteiger partial charge in [-0.3, -0.25) is 4.68 Å². The molecular weight excluding hydrogens is 262 g/mol. The lowest BCUT2D eigenvalue weighted by atomic mass is 10.3. The Morgan fingerprint density at radius 2 is 1.95 bits per heavy atom. The van der Waals surface area contributed by atoms with Crippen LogP contribution in [0, 0.1) is 0 Å². The van der Waals surface area contributed by atoms with Crippen LogP contribution < -0.4 is 5.32 Å². The Balaban J connectivity index is 1.50. The molecule has 0 spiro atoms. The van der Waals surface area contributed by atoms with Crippen molar-refractivity contribution in [1.82, 2.24) is 24.9 Å². The van der Waals surface area contributed by atoms with Crippen LogP contribution in [0.1, 0.15) is 11.3 Å². The highest BCUT2D eigenvalue weighted by Crippen LogP contribution is 2.07. The van der Waals surface area contributed by atoms with Crippen LogP contribution in [-0.2, 0) is 20.0 Å². The van der Waals surface area contributed by atoms with Crippen molar-refractivity contribution in [2.45, 2.75) is 13.0 Å². The maximum atomic E-state index is 4.39. The Morgan fingerprint density at radius 3 is 2.71 bits per heavy atom. The van der Waals surface area contributed by atoms with E-state index in [1.54, 1.807) is 0 Å². The second-order valence-electron chi connectivity index (χ2n) is 5.00. The Bertz CT molecular complexity index is 684.